The number of carbonyl (C=O) groups excluding carboxylic acids is 1. The Morgan fingerprint density at radius 2 is 2.18 bits per heavy atom. The minimum Gasteiger partial charge on any atom is -0.494 e. The summed E-state index contributed by atoms with van der Waals surface area (Å²) in [6, 6.07) is 4.26. The maximum absolute atomic E-state index is 13.2. The zero-order valence-electron chi connectivity index (χ0n) is 9.70. The lowest BCUT2D eigenvalue weighted by atomic mass is 10.1. The average molecular weight is 239 g/mol. The molecule has 0 heterocycles. The average Bonchev–Trinajstić information content (AvgIpc) is 2.36. The molecule has 0 unspecified atom stereocenters. The van der Waals surface area contributed by atoms with E-state index in [1.54, 1.807) is 0 Å². The van der Waals surface area contributed by atoms with Crippen LogP contribution in [0.4, 0.5) is 4.39 Å². The maximum Gasteiger partial charge on any atom is 0.335 e. The highest BCUT2D eigenvalue weighted by atomic mass is 19.1. The number of hydrogen-bond acceptors (Lipinski definition) is 4. The first kappa shape index (κ1) is 13.2. The van der Waals surface area contributed by atoms with Crippen molar-refractivity contribution in [1.29, 1.82) is 0 Å². The van der Waals surface area contributed by atoms with Crippen LogP contribution in [-0.2, 0) is 9.53 Å². The lowest BCUT2D eigenvalue weighted by Crippen LogP contribution is -2.14. The summed E-state index contributed by atoms with van der Waals surface area (Å²) in [5.41, 5.74) is 6.35. The van der Waals surface area contributed by atoms with Crippen molar-refractivity contribution in [3.63, 3.8) is 0 Å². The van der Waals surface area contributed by atoms with Gasteiger partial charge in [0.15, 0.2) is 11.6 Å². The molecule has 92 valence electrons. The first-order valence-corrected chi connectivity index (χ1v) is 4.95. The first-order chi connectivity index (χ1) is 8.12. The first-order valence-electron chi connectivity index (χ1n) is 4.95. The summed E-state index contributed by atoms with van der Waals surface area (Å²) in [5, 5.41) is 0. The van der Waals surface area contributed by atoms with Gasteiger partial charge >= 0.3 is 5.97 Å². The molecular weight excluding hydrogens is 225 g/mol. The summed E-state index contributed by atoms with van der Waals surface area (Å²) in [6.45, 7) is 0.0480. The third kappa shape index (κ3) is 3.29. The number of rotatable bonds is 4. The van der Waals surface area contributed by atoms with E-state index in [9.17, 15) is 9.18 Å². The summed E-state index contributed by atoms with van der Waals surface area (Å²) in [4.78, 5) is 11.3. The van der Waals surface area contributed by atoms with Gasteiger partial charge in [-0.25, -0.2) is 9.18 Å². The van der Waals surface area contributed by atoms with Gasteiger partial charge in [-0.1, -0.05) is 6.07 Å². The predicted octanol–water partition coefficient (Wildman–Crippen LogP) is 1.35. The molecule has 0 aromatic heterocycles. The van der Waals surface area contributed by atoms with Crippen molar-refractivity contribution in [1.82, 2.24) is 0 Å². The van der Waals surface area contributed by atoms with Gasteiger partial charge in [0.25, 0.3) is 0 Å². The Kier molecular flexibility index (Phi) is 4.66. The zero-order valence-corrected chi connectivity index (χ0v) is 9.70. The van der Waals surface area contributed by atoms with Crippen molar-refractivity contribution in [2.24, 2.45) is 5.73 Å². The maximum atomic E-state index is 13.2. The smallest absolute Gasteiger partial charge is 0.335 e. The van der Waals surface area contributed by atoms with Crippen LogP contribution in [0.15, 0.2) is 23.8 Å². The zero-order chi connectivity index (χ0) is 12.8. The van der Waals surface area contributed by atoms with Crippen LogP contribution in [0.5, 0.6) is 5.75 Å². The van der Waals surface area contributed by atoms with Gasteiger partial charge < -0.3 is 15.2 Å². The van der Waals surface area contributed by atoms with Crippen molar-refractivity contribution in [2.45, 2.75) is 0 Å². The summed E-state index contributed by atoms with van der Waals surface area (Å²) in [6.07, 6.45) is 1.54. The molecule has 2 N–H and O–H groups in total. The summed E-state index contributed by atoms with van der Waals surface area (Å²) in [5.74, 6) is -0.854. The van der Waals surface area contributed by atoms with Crippen molar-refractivity contribution >= 4 is 12.0 Å². The third-order valence-electron chi connectivity index (χ3n) is 2.18. The number of halogens is 1. The number of hydrogen-bond donors (Lipinski definition) is 1. The fourth-order valence-electron chi connectivity index (χ4n) is 1.30. The molecule has 0 aliphatic carbocycles. The largest absolute Gasteiger partial charge is 0.494 e. The molecule has 0 saturated heterocycles. The molecule has 0 aliphatic rings. The molecule has 0 saturated carbocycles. The molecule has 0 amide bonds. The number of nitrogens with two attached hydrogens (primary N) is 1. The van der Waals surface area contributed by atoms with Crippen molar-refractivity contribution < 1.29 is 18.7 Å². The lowest BCUT2D eigenvalue weighted by molar-refractivity contribution is -0.136. The summed E-state index contributed by atoms with van der Waals surface area (Å²) in [7, 11) is 2.65. The second-order valence-electron chi connectivity index (χ2n) is 3.26. The second kappa shape index (κ2) is 6.00. The van der Waals surface area contributed by atoms with Crippen molar-refractivity contribution in [3.05, 3.63) is 35.2 Å². The third-order valence-corrected chi connectivity index (χ3v) is 2.18. The molecule has 0 atom stereocenters. The van der Waals surface area contributed by atoms with Gasteiger partial charge in [-0.05, 0) is 23.8 Å². The molecule has 1 aromatic carbocycles. The number of methoxy groups -OCH3 is 2. The van der Waals surface area contributed by atoms with Crippen LogP contribution >= 0.6 is 0 Å². The summed E-state index contributed by atoms with van der Waals surface area (Å²) >= 11 is 0. The van der Waals surface area contributed by atoms with Gasteiger partial charge in [0, 0.05) is 6.54 Å². The summed E-state index contributed by atoms with van der Waals surface area (Å²) < 4.78 is 22.6. The molecule has 1 aromatic rings. The van der Waals surface area contributed by atoms with Crippen LogP contribution in [0.3, 0.4) is 0 Å². The monoisotopic (exact) mass is 239 g/mol. The quantitative estimate of drug-likeness (QED) is 0.636. The van der Waals surface area contributed by atoms with E-state index in [2.05, 4.69) is 4.74 Å². The molecule has 0 radical (unpaired) electrons. The van der Waals surface area contributed by atoms with Crippen LogP contribution in [0.2, 0.25) is 0 Å². The van der Waals surface area contributed by atoms with E-state index in [0.29, 0.717) is 11.1 Å². The Morgan fingerprint density at radius 1 is 1.47 bits per heavy atom. The van der Waals surface area contributed by atoms with Crippen LogP contribution in [0.25, 0.3) is 6.08 Å². The van der Waals surface area contributed by atoms with Gasteiger partial charge in [-0.15, -0.1) is 0 Å². The molecule has 17 heavy (non-hydrogen) atoms. The fourth-order valence-corrected chi connectivity index (χ4v) is 1.30. The highest BCUT2D eigenvalue weighted by Crippen LogP contribution is 2.20. The Bertz CT molecular complexity index is 443. The topological polar surface area (TPSA) is 61.5 Å². The van der Waals surface area contributed by atoms with E-state index >= 15 is 0 Å². The molecule has 1 rings (SSSR count). The molecule has 0 aliphatic heterocycles. The van der Waals surface area contributed by atoms with Gasteiger partial charge in [0.05, 0.1) is 19.8 Å². The number of esters is 1. The van der Waals surface area contributed by atoms with Crippen LogP contribution in [0.1, 0.15) is 5.56 Å². The van der Waals surface area contributed by atoms with Crippen molar-refractivity contribution in [3.8, 4) is 5.75 Å². The Balaban J connectivity index is 3.07. The number of benzene rings is 1. The minimum atomic E-state index is -0.504. The van der Waals surface area contributed by atoms with Gasteiger partial charge in [0.2, 0.25) is 0 Å². The molecule has 0 spiro atoms. The van der Waals surface area contributed by atoms with E-state index in [1.807, 2.05) is 0 Å². The Hall–Kier alpha value is -1.88. The van der Waals surface area contributed by atoms with E-state index in [1.165, 1.54) is 38.5 Å². The number of ether oxygens (including phenoxy) is 2. The highest BCUT2D eigenvalue weighted by Gasteiger charge is 2.08. The van der Waals surface area contributed by atoms with Crippen LogP contribution in [-0.4, -0.2) is 26.7 Å². The molecule has 5 heteroatoms. The Morgan fingerprint density at radius 3 is 2.71 bits per heavy atom. The molecule has 0 bridgehead atoms. The van der Waals surface area contributed by atoms with E-state index < -0.39 is 11.8 Å². The molecule has 0 fully saturated rings. The highest BCUT2D eigenvalue weighted by molar-refractivity contribution is 5.94. The minimum absolute atomic E-state index is 0.0480. The molecule has 4 nitrogen and oxygen atoms in total. The van der Waals surface area contributed by atoms with Gasteiger partial charge in [-0.2, -0.15) is 0 Å². The number of carbonyl (C=O) groups is 1. The van der Waals surface area contributed by atoms with Crippen molar-refractivity contribution in [2.75, 3.05) is 20.8 Å². The van der Waals surface area contributed by atoms with Crippen LogP contribution < -0.4 is 10.5 Å². The predicted molar refractivity (Wildman–Crippen MR) is 62.0 cm³/mol. The Labute approximate surface area is 98.8 Å². The standard InChI is InChI=1S/C12H14FNO3/c1-16-11-6-8(3-4-10(11)13)5-9(7-14)12(15)17-2/h3-6H,7,14H2,1-2H3/b9-5+. The van der Waals surface area contributed by atoms with E-state index in [-0.39, 0.29) is 12.3 Å². The van der Waals surface area contributed by atoms with Gasteiger partial charge in [0.1, 0.15) is 0 Å². The second-order valence-corrected chi connectivity index (χ2v) is 3.26. The van der Waals surface area contributed by atoms with Crippen LogP contribution in [0, 0.1) is 5.82 Å². The van der Waals surface area contributed by atoms with Gasteiger partial charge in [-0.3, -0.25) is 0 Å². The lowest BCUT2D eigenvalue weighted by Gasteiger charge is -2.05. The SMILES string of the molecule is COC(=O)/C(=C/c1ccc(F)c(OC)c1)CN. The normalized spacial score (nSPS) is 11.2. The fraction of sp³-hybridized carbons (Fsp3) is 0.250. The molecular formula is C12H14FNO3. The van der Waals surface area contributed by atoms with E-state index in [4.69, 9.17) is 10.5 Å². The van der Waals surface area contributed by atoms with E-state index in [0.717, 1.165) is 0 Å².